The van der Waals surface area contributed by atoms with Gasteiger partial charge in [0.15, 0.2) is 0 Å². The maximum absolute atomic E-state index is 13.9. The molecule has 4 aromatic rings. The number of hydrogen-bond acceptors (Lipinski definition) is 7. The molecule has 0 aliphatic heterocycles. The number of carbonyl (C=O) groups is 3. The third-order valence-corrected chi connectivity index (χ3v) is 10.0. The van der Waals surface area contributed by atoms with E-state index >= 15 is 0 Å². The summed E-state index contributed by atoms with van der Waals surface area (Å²) in [5.41, 5.74) is 3.87. The van der Waals surface area contributed by atoms with Crippen molar-refractivity contribution in [3.63, 3.8) is 0 Å². The van der Waals surface area contributed by atoms with Crippen LogP contribution in [0.4, 0.5) is 23.2 Å². The Bertz CT molecular complexity index is 1980. The molecule has 0 radical (unpaired) electrons. The van der Waals surface area contributed by atoms with Crippen molar-refractivity contribution in [3.05, 3.63) is 119 Å². The number of aromatic carboxylic acids is 1. The van der Waals surface area contributed by atoms with E-state index in [2.05, 4.69) is 41.7 Å². The number of hydrogen-bond donors (Lipinski definition) is 3. The quantitative estimate of drug-likeness (QED) is 0.158. The molecule has 1 amide bonds. The van der Waals surface area contributed by atoms with Crippen molar-refractivity contribution >= 4 is 40.3 Å². The summed E-state index contributed by atoms with van der Waals surface area (Å²) in [5.74, 6) is -0.356. The Morgan fingerprint density at radius 3 is 2.02 bits per heavy atom. The Hall–Kier alpha value is -5.50. The van der Waals surface area contributed by atoms with Crippen molar-refractivity contribution in [3.8, 4) is 16.9 Å². The molecular formula is C39H42F4N2O7S. The third-order valence-electron chi connectivity index (χ3n) is 8.53. The van der Waals surface area contributed by atoms with Crippen LogP contribution in [-0.2, 0) is 14.6 Å². The number of rotatable bonds is 7. The molecule has 0 saturated heterocycles. The molecule has 2 aliphatic carbocycles. The molecule has 4 N–H and O–H groups in total. The Morgan fingerprint density at radius 2 is 1.51 bits per heavy atom. The number of alkyl halides is 3. The second-order valence-corrected chi connectivity index (χ2v) is 13.6. The normalized spacial score (nSPS) is 15.5. The molecule has 0 heterocycles. The van der Waals surface area contributed by atoms with E-state index < -0.39 is 37.9 Å². The van der Waals surface area contributed by atoms with Gasteiger partial charge < -0.3 is 25.7 Å². The molecule has 9 nitrogen and oxygen atoms in total. The van der Waals surface area contributed by atoms with Gasteiger partial charge in [-0.05, 0) is 97.2 Å². The van der Waals surface area contributed by atoms with Crippen LogP contribution in [-0.4, -0.2) is 51.9 Å². The summed E-state index contributed by atoms with van der Waals surface area (Å²) in [4.78, 5) is 29.6. The van der Waals surface area contributed by atoms with E-state index in [1.165, 1.54) is 87.9 Å². The van der Waals surface area contributed by atoms with Crippen LogP contribution in [0.2, 0.25) is 0 Å². The van der Waals surface area contributed by atoms with Crippen LogP contribution in [0.1, 0.15) is 59.4 Å². The van der Waals surface area contributed by atoms with Crippen LogP contribution in [0.25, 0.3) is 17.2 Å². The van der Waals surface area contributed by atoms with Crippen LogP contribution in [0.5, 0.6) is 5.75 Å². The number of carbonyl (C=O) groups excluding carboxylic acids is 2. The van der Waals surface area contributed by atoms with E-state index in [0.29, 0.717) is 11.3 Å². The van der Waals surface area contributed by atoms with Gasteiger partial charge in [-0.15, -0.1) is 0 Å². The third kappa shape index (κ3) is 11.0. The zero-order valence-corrected chi connectivity index (χ0v) is 29.1. The van der Waals surface area contributed by atoms with Crippen LogP contribution in [0, 0.1) is 17.7 Å². The molecule has 4 aromatic carbocycles. The van der Waals surface area contributed by atoms with Crippen LogP contribution >= 0.6 is 0 Å². The van der Waals surface area contributed by atoms with Crippen molar-refractivity contribution in [1.29, 1.82) is 0 Å². The smallest absolute Gasteiger partial charge is 0.496 e. The fourth-order valence-electron chi connectivity index (χ4n) is 5.97. The number of nitrogens with two attached hydrogens (primary N) is 1. The van der Waals surface area contributed by atoms with Gasteiger partial charge in [-0.3, -0.25) is 4.79 Å². The molecule has 53 heavy (non-hydrogen) atoms. The zero-order valence-electron chi connectivity index (χ0n) is 28.3. The lowest BCUT2D eigenvalue weighted by atomic mass is 9.99. The first-order valence-electron chi connectivity index (χ1n) is 15.8. The molecule has 0 unspecified atom stereocenters. The monoisotopic (exact) mass is 758 g/mol. The number of fused-ring (bicyclic) bond motifs is 2. The molecule has 284 valence electrons. The fourth-order valence-corrected chi connectivity index (χ4v) is 6.78. The summed E-state index contributed by atoms with van der Waals surface area (Å²) in [6.45, 7) is 2.00. The standard InChI is InChI=1S/C15H12FNO4.C14H16.C8H8F3NO2S.CH2O.CH4/c1-21-13-5-3-8(6-11(13)14(17)18)10-7-9(15(19)20)2-4-12(10)16;1-2-4-11(5-3-1)10-14-12-6-7-13(14)9-8-12;1-12-6-3-2-4-7(5-6)15(13,14)8(9,10)11;1-2;/h2-7H,1H3,(H2,17,18)(H,19,20);1-5,10,12-13H,6-9H2;2-5,12H,1H3;1H2;1H4. The van der Waals surface area contributed by atoms with Crippen LogP contribution < -0.4 is 15.8 Å². The number of methoxy groups -OCH3 is 1. The van der Waals surface area contributed by atoms with E-state index in [4.69, 9.17) is 20.4 Å². The highest BCUT2D eigenvalue weighted by atomic mass is 32.2. The summed E-state index contributed by atoms with van der Waals surface area (Å²) in [5, 5.41) is 11.5. The number of nitrogens with one attached hydrogen (secondary N) is 1. The van der Waals surface area contributed by atoms with Gasteiger partial charge >= 0.3 is 11.5 Å². The summed E-state index contributed by atoms with van der Waals surface area (Å²) in [6.07, 6.45) is 8.23. The van der Waals surface area contributed by atoms with Crippen molar-refractivity contribution in [2.45, 2.75) is 43.5 Å². The zero-order chi connectivity index (χ0) is 38.6. The molecule has 0 aromatic heterocycles. The first-order valence-corrected chi connectivity index (χ1v) is 17.3. The van der Waals surface area contributed by atoms with Gasteiger partial charge in [0.2, 0.25) is 0 Å². The Kier molecular flexibility index (Phi) is 16.0. The number of allylic oxidation sites excluding steroid dienone is 1. The van der Waals surface area contributed by atoms with Gasteiger partial charge in [0.1, 0.15) is 18.4 Å². The Morgan fingerprint density at radius 1 is 0.906 bits per heavy atom. The van der Waals surface area contributed by atoms with Crippen LogP contribution in [0.15, 0.2) is 101 Å². The number of primary amides is 1. The molecule has 2 fully saturated rings. The summed E-state index contributed by atoms with van der Waals surface area (Å²) in [7, 11) is -2.38. The molecule has 2 aliphatic rings. The van der Waals surface area contributed by atoms with Gasteiger partial charge in [-0.25, -0.2) is 17.6 Å². The number of anilines is 1. The molecule has 0 atom stereocenters. The minimum atomic E-state index is -5.26. The number of amides is 1. The predicted molar refractivity (Wildman–Crippen MR) is 197 cm³/mol. The van der Waals surface area contributed by atoms with E-state index in [1.54, 1.807) is 5.57 Å². The number of carboxylic acids is 1. The number of ether oxygens (including phenoxy) is 1. The van der Waals surface area contributed by atoms with Gasteiger partial charge in [0.25, 0.3) is 15.7 Å². The highest BCUT2D eigenvalue weighted by molar-refractivity contribution is 7.92. The van der Waals surface area contributed by atoms with E-state index in [0.717, 1.165) is 30.0 Å². The summed E-state index contributed by atoms with van der Waals surface area (Å²) < 4.78 is 77.3. The highest BCUT2D eigenvalue weighted by Gasteiger charge is 2.46. The Balaban J connectivity index is 0.000000272. The number of benzene rings is 4. The molecule has 2 saturated carbocycles. The number of sulfone groups is 1. The molecule has 0 spiro atoms. The van der Waals surface area contributed by atoms with E-state index in [-0.39, 0.29) is 29.9 Å². The highest BCUT2D eigenvalue weighted by Crippen LogP contribution is 2.49. The molecule has 14 heteroatoms. The maximum Gasteiger partial charge on any atom is 0.501 e. The molecular weight excluding hydrogens is 716 g/mol. The SMILES string of the molecule is C.C(=C1C2CCC1CC2)c1ccccc1.C=O.CNc1cccc(S(=O)(=O)C(F)(F)F)c1.COc1ccc(-c2cc(C(=O)O)ccc2F)cc1C(N)=O. The van der Waals surface area contributed by atoms with Crippen molar-refractivity contribution in [2.75, 3.05) is 19.5 Å². The topological polar surface area (TPSA) is 153 Å². The number of carboxylic acid groups (broad SMARTS) is 1. The number of halogens is 4. The van der Waals surface area contributed by atoms with Crippen molar-refractivity contribution in [2.24, 2.45) is 17.6 Å². The lowest BCUT2D eigenvalue weighted by Crippen LogP contribution is -2.23. The lowest BCUT2D eigenvalue weighted by Gasteiger charge is -2.10. The van der Waals surface area contributed by atoms with Crippen molar-refractivity contribution in [1.82, 2.24) is 0 Å². The fraction of sp³-hybridized carbons (Fsp3) is 0.256. The maximum atomic E-state index is 13.9. The second kappa shape index (κ2) is 19.4. The second-order valence-electron chi connectivity index (χ2n) is 11.6. The summed E-state index contributed by atoms with van der Waals surface area (Å²) >= 11 is 0. The molecule has 6 rings (SSSR count). The van der Waals surface area contributed by atoms with E-state index in [1.807, 2.05) is 6.79 Å². The average molecular weight is 759 g/mol. The summed E-state index contributed by atoms with van der Waals surface area (Å²) in [6, 6.07) is 23.1. The van der Waals surface area contributed by atoms with Gasteiger partial charge in [-0.2, -0.15) is 13.2 Å². The minimum Gasteiger partial charge on any atom is -0.496 e. The van der Waals surface area contributed by atoms with Gasteiger partial charge in [0.05, 0.1) is 23.1 Å². The predicted octanol–water partition coefficient (Wildman–Crippen LogP) is 8.66. The lowest BCUT2D eigenvalue weighted by molar-refractivity contribution is -0.0980. The van der Waals surface area contributed by atoms with Gasteiger partial charge in [0, 0.05) is 18.3 Å². The largest absolute Gasteiger partial charge is 0.501 e. The Labute approximate surface area is 306 Å². The van der Waals surface area contributed by atoms with Crippen molar-refractivity contribution < 1.29 is 50.2 Å². The first-order chi connectivity index (χ1) is 24.7. The van der Waals surface area contributed by atoms with Gasteiger partial charge in [-0.1, -0.05) is 61.5 Å². The first kappa shape index (κ1) is 43.7. The van der Waals surface area contributed by atoms with Crippen LogP contribution in [0.3, 0.4) is 0 Å². The average Bonchev–Trinajstić information content (AvgIpc) is 3.71. The molecule has 2 bridgehead atoms. The minimum absolute atomic E-state index is 0. The van der Waals surface area contributed by atoms with E-state index in [9.17, 15) is 35.6 Å².